The number of benzene rings is 2. The molecular formula is C16H9F3N2O3. The fraction of sp³-hybridized carbons (Fsp3) is 0.0625. The molecule has 0 N–H and O–H groups in total. The van der Waals surface area contributed by atoms with Crippen LogP contribution < -0.4 is 0 Å². The monoisotopic (exact) mass is 334 g/mol. The summed E-state index contributed by atoms with van der Waals surface area (Å²) < 4.78 is 48.9. The fourth-order valence-corrected chi connectivity index (χ4v) is 1.89. The molecule has 0 fully saturated rings. The number of hydrogen-bond donors (Lipinski definition) is 0. The van der Waals surface area contributed by atoms with Gasteiger partial charge in [0, 0.05) is 11.6 Å². The molecule has 0 saturated heterocycles. The number of nitrogens with zero attached hydrogens (tertiary/aromatic N) is 2. The van der Waals surface area contributed by atoms with E-state index in [4.69, 9.17) is 9.26 Å². The van der Waals surface area contributed by atoms with Crippen LogP contribution in [0.2, 0.25) is 0 Å². The van der Waals surface area contributed by atoms with Crippen molar-refractivity contribution in [1.82, 2.24) is 10.1 Å². The molecule has 5 nitrogen and oxygen atoms in total. The highest BCUT2D eigenvalue weighted by Gasteiger charge is 2.16. The zero-order valence-electron chi connectivity index (χ0n) is 12.0. The standard InChI is InChI=1S/C16H9F3N2O3/c17-10-3-1-9(2-4-10)15-20-14(24-21-15)8-23-16(22)12-6-5-11(18)7-13(12)19/h1-7H,8H2. The van der Waals surface area contributed by atoms with Crippen molar-refractivity contribution in [2.24, 2.45) is 0 Å². The average Bonchev–Trinajstić information content (AvgIpc) is 3.02. The summed E-state index contributed by atoms with van der Waals surface area (Å²) in [5, 5.41) is 3.67. The number of rotatable bonds is 4. The van der Waals surface area contributed by atoms with Crippen molar-refractivity contribution in [3.8, 4) is 11.4 Å². The highest BCUT2D eigenvalue weighted by molar-refractivity contribution is 5.89. The summed E-state index contributed by atoms with van der Waals surface area (Å²) in [6.45, 7) is -0.385. The van der Waals surface area contributed by atoms with Crippen LogP contribution in [0.15, 0.2) is 47.0 Å². The van der Waals surface area contributed by atoms with E-state index in [1.165, 1.54) is 24.3 Å². The van der Waals surface area contributed by atoms with Gasteiger partial charge < -0.3 is 9.26 Å². The lowest BCUT2D eigenvalue weighted by molar-refractivity contribution is 0.0424. The van der Waals surface area contributed by atoms with Crippen molar-refractivity contribution in [2.75, 3.05) is 0 Å². The Balaban J connectivity index is 1.67. The zero-order valence-corrected chi connectivity index (χ0v) is 12.0. The fourth-order valence-electron chi connectivity index (χ4n) is 1.89. The quantitative estimate of drug-likeness (QED) is 0.683. The van der Waals surface area contributed by atoms with Crippen molar-refractivity contribution in [3.05, 3.63) is 71.4 Å². The Morgan fingerprint density at radius 1 is 1.04 bits per heavy atom. The Morgan fingerprint density at radius 3 is 2.46 bits per heavy atom. The van der Waals surface area contributed by atoms with Gasteiger partial charge in [-0.15, -0.1) is 0 Å². The minimum Gasteiger partial charge on any atom is -0.452 e. The summed E-state index contributed by atoms with van der Waals surface area (Å²) in [5.41, 5.74) is 0.108. The van der Waals surface area contributed by atoms with Crippen LogP contribution in [0.25, 0.3) is 11.4 Å². The first-order valence-corrected chi connectivity index (χ1v) is 6.73. The van der Waals surface area contributed by atoms with Gasteiger partial charge in [0.2, 0.25) is 5.82 Å². The van der Waals surface area contributed by atoms with Crippen LogP contribution in [0.4, 0.5) is 13.2 Å². The van der Waals surface area contributed by atoms with Gasteiger partial charge in [0.1, 0.15) is 17.5 Å². The number of aromatic nitrogens is 2. The van der Waals surface area contributed by atoms with Crippen LogP contribution in [0.3, 0.4) is 0 Å². The molecule has 1 aromatic heterocycles. The van der Waals surface area contributed by atoms with Gasteiger partial charge in [-0.2, -0.15) is 4.98 Å². The van der Waals surface area contributed by atoms with Crippen LogP contribution in [0, 0.1) is 17.5 Å². The molecule has 0 aliphatic heterocycles. The summed E-state index contributed by atoms with van der Waals surface area (Å²) in [4.78, 5) is 15.7. The van der Waals surface area contributed by atoms with E-state index in [0.717, 1.165) is 12.1 Å². The normalized spacial score (nSPS) is 10.6. The second-order valence-electron chi connectivity index (χ2n) is 4.72. The first-order chi connectivity index (χ1) is 11.5. The molecule has 0 radical (unpaired) electrons. The number of hydrogen-bond acceptors (Lipinski definition) is 5. The van der Waals surface area contributed by atoms with Crippen LogP contribution in [0.1, 0.15) is 16.2 Å². The maximum atomic E-state index is 13.5. The predicted octanol–water partition coefficient (Wildman–Crippen LogP) is 3.51. The number of esters is 1. The van der Waals surface area contributed by atoms with E-state index in [1.54, 1.807) is 0 Å². The molecule has 0 aliphatic carbocycles. The maximum absolute atomic E-state index is 13.5. The van der Waals surface area contributed by atoms with E-state index in [0.29, 0.717) is 11.6 Å². The maximum Gasteiger partial charge on any atom is 0.341 e. The van der Waals surface area contributed by atoms with Gasteiger partial charge in [0.15, 0.2) is 6.61 Å². The van der Waals surface area contributed by atoms with Crippen LogP contribution in [-0.2, 0) is 11.3 Å². The molecule has 2 aromatic carbocycles. The zero-order chi connectivity index (χ0) is 17.1. The number of ether oxygens (including phenoxy) is 1. The molecule has 24 heavy (non-hydrogen) atoms. The van der Waals surface area contributed by atoms with Gasteiger partial charge in [0.25, 0.3) is 5.89 Å². The van der Waals surface area contributed by atoms with Crippen molar-refractivity contribution >= 4 is 5.97 Å². The lowest BCUT2D eigenvalue weighted by Crippen LogP contribution is -2.08. The minimum absolute atomic E-state index is 0.0230. The highest BCUT2D eigenvalue weighted by Crippen LogP contribution is 2.17. The Morgan fingerprint density at radius 2 is 1.75 bits per heavy atom. The Kier molecular flexibility index (Phi) is 4.28. The van der Waals surface area contributed by atoms with Crippen molar-refractivity contribution in [1.29, 1.82) is 0 Å². The second-order valence-corrected chi connectivity index (χ2v) is 4.72. The third-order valence-electron chi connectivity index (χ3n) is 3.05. The number of carbonyl (C=O) groups is 1. The predicted molar refractivity (Wildman–Crippen MR) is 75.2 cm³/mol. The van der Waals surface area contributed by atoms with Crippen LogP contribution in [0.5, 0.6) is 0 Å². The van der Waals surface area contributed by atoms with Crippen molar-refractivity contribution < 1.29 is 27.2 Å². The Hall–Kier alpha value is -3.16. The molecule has 0 spiro atoms. The molecule has 0 atom stereocenters. The van der Waals surface area contributed by atoms with Gasteiger partial charge in [-0.25, -0.2) is 18.0 Å². The third-order valence-corrected chi connectivity index (χ3v) is 3.05. The third kappa shape index (κ3) is 3.43. The lowest BCUT2D eigenvalue weighted by Gasteiger charge is -2.03. The van der Waals surface area contributed by atoms with E-state index in [9.17, 15) is 18.0 Å². The van der Waals surface area contributed by atoms with Crippen molar-refractivity contribution in [3.63, 3.8) is 0 Å². The molecular weight excluding hydrogens is 325 g/mol. The SMILES string of the molecule is O=C(OCc1nc(-c2ccc(F)cc2)no1)c1ccc(F)cc1F. The van der Waals surface area contributed by atoms with E-state index in [1.807, 2.05) is 0 Å². The first kappa shape index (κ1) is 15.7. The van der Waals surface area contributed by atoms with E-state index in [-0.39, 0.29) is 18.3 Å². The van der Waals surface area contributed by atoms with E-state index >= 15 is 0 Å². The van der Waals surface area contributed by atoms with Gasteiger partial charge in [-0.3, -0.25) is 0 Å². The topological polar surface area (TPSA) is 65.2 Å². The van der Waals surface area contributed by atoms with E-state index < -0.39 is 29.0 Å². The Bertz CT molecular complexity index is 879. The largest absolute Gasteiger partial charge is 0.452 e. The molecule has 0 amide bonds. The lowest BCUT2D eigenvalue weighted by atomic mass is 10.2. The molecule has 0 bridgehead atoms. The summed E-state index contributed by atoms with van der Waals surface area (Å²) in [5.74, 6) is -3.06. The van der Waals surface area contributed by atoms with Crippen molar-refractivity contribution in [2.45, 2.75) is 6.61 Å². The summed E-state index contributed by atoms with van der Waals surface area (Å²) in [7, 11) is 0. The molecule has 3 rings (SSSR count). The molecule has 8 heteroatoms. The molecule has 3 aromatic rings. The van der Waals surface area contributed by atoms with E-state index in [2.05, 4.69) is 10.1 Å². The average molecular weight is 334 g/mol. The van der Waals surface area contributed by atoms with Gasteiger partial charge in [0.05, 0.1) is 5.56 Å². The molecule has 0 saturated carbocycles. The molecule has 0 aliphatic rings. The van der Waals surface area contributed by atoms with Crippen LogP contribution >= 0.6 is 0 Å². The second kappa shape index (κ2) is 6.53. The minimum atomic E-state index is -1.03. The van der Waals surface area contributed by atoms with Gasteiger partial charge >= 0.3 is 5.97 Å². The van der Waals surface area contributed by atoms with Gasteiger partial charge in [-0.05, 0) is 36.4 Å². The summed E-state index contributed by atoms with van der Waals surface area (Å²) in [6.07, 6.45) is 0. The highest BCUT2D eigenvalue weighted by atomic mass is 19.1. The first-order valence-electron chi connectivity index (χ1n) is 6.73. The Labute approximate surface area is 133 Å². The number of halogens is 3. The molecule has 0 unspecified atom stereocenters. The summed E-state index contributed by atoms with van der Waals surface area (Å²) >= 11 is 0. The van der Waals surface area contributed by atoms with Gasteiger partial charge in [-0.1, -0.05) is 5.16 Å². The molecule has 122 valence electrons. The van der Waals surface area contributed by atoms with Crippen LogP contribution in [-0.4, -0.2) is 16.1 Å². The molecule has 1 heterocycles. The smallest absolute Gasteiger partial charge is 0.341 e. The number of carbonyl (C=O) groups excluding carboxylic acids is 1. The summed E-state index contributed by atoms with van der Waals surface area (Å²) in [6, 6.07) is 7.90.